The summed E-state index contributed by atoms with van der Waals surface area (Å²) < 4.78 is 12.2. The molecule has 0 fully saturated rings. The molecule has 2 heterocycles. The molecule has 136 valence electrons. The predicted octanol–water partition coefficient (Wildman–Crippen LogP) is 5.38. The highest BCUT2D eigenvalue weighted by molar-refractivity contribution is 5.94. The van der Waals surface area contributed by atoms with E-state index in [0.717, 1.165) is 17.1 Å². The summed E-state index contributed by atoms with van der Waals surface area (Å²) in [5, 5.41) is 2.45. The summed E-state index contributed by atoms with van der Waals surface area (Å²) in [6.07, 6.45) is 4.44. The van der Waals surface area contributed by atoms with Crippen molar-refractivity contribution in [1.29, 1.82) is 0 Å². The minimum atomic E-state index is -0.572. The summed E-state index contributed by atoms with van der Waals surface area (Å²) in [7, 11) is 3.82. The smallest absolute Gasteiger partial charge is 0.211 e. The van der Waals surface area contributed by atoms with Gasteiger partial charge in [0.05, 0.1) is 12.5 Å². The Morgan fingerprint density at radius 2 is 1.81 bits per heavy atom. The molecule has 3 aromatic rings. The minimum Gasteiger partial charge on any atom is -0.497 e. The van der Waals surface area contributed by atoms with Crippen molar-refractivity contribution in [3.8, 4) is 11.5 Å². The molecule has 0 aliphatic carbocycles. The highest BCUT2D eigenvalue weighted by Gasteiger charge is 2.57. The number of anilines is 1. The molecule has 3 aromatic carbocycles. The van der Waals surface area contributed by atoms with Crippen LogP contribution in [0.1, 0.15) is 25.0 Å². The maximum atomic E-state index is 6.77. The van der Waals surface area contributed by atoms with Crippen LogP contribution in [-0.2, 0) is 5.41 Å². The van der Waals surface area contributed by atoms with Crippen LogP contribution in [0.2, 0.25) is 0 Å². The number of ether oxygens (including phenoxy) is 2. The molecule has 0 saturated carbocycles. The summed E-state index contributed by atoms with van der Waals surface area (Å²) in [4.78, 5) is 2.25. The average molecular weight is 357 g/mol. The Kier molecular flexibility index (Phi) is 3.18. The summed E-state index contributed by atoms with van der Waals surface area (Å²) >= 11 is 0. The quantitative estimate of drug-likeness (QED) is 0.584. The zero-order chi connectivity index (χ0) is 18.8. The van der Waals surface area contributed by atoms with Gasteiger partial charge >= 0.3 is 0 Å². The number of hydrogen-bond donors (Lipinski definition) is 0. The van der Waals surface area contributed by atoms with E-state index in [9.17, 15) is 0 Å². The van der Waals surface area contributed by atoms with Crippen LogP contribution < -0.4 is 14.4 Å². The molecule has 1 atom stereocenters. The lowest BCUT2D eigenvalue weighted by atomic mass is 9.76. The fraction of sp³-hybridized carbons (Fsp3) is 0.250. The Bertz CT molecular complexity index is 1100. The second-order valence-corrected chi connectivity index (χ2v) is 7.90. The molecular formula is C24H23NO2. The average Bonchev–Trinajstić information content (AvgIpc) is 2.86. The molecule has 5 rings (SSSR count). The summed E-state index contributed by atoms with van der Waals surface area (Å²) in [5.41, 5.74) is 2.74. The predicted molar refractivity (Wildman–Crippen MR) is 111 cm³/mol. The first-order valence-electron chi connectivity index (χ1n) is 9.30. The van der Waals surface area contributed by atoms with Crippen molar-refractivity contribution in [3.05, 3.63) is 71.8 Å². The number of methoxy groups -OCH3 is 1. The summed E-state index contributed by atoms with van der Waals surface area (Å²) in [5.74, 6) is 1.80. The molecule has 0 N–H and O–H groups in total. The van der Waals surface area contributed by atoms with E-state index in [-0.39, 0.29) is 5.41 Å². The standard InChI is InChI=1S/C24H23NO2/c1-23(2)20-15-17(26-4)10-11-21(20)25(3)24(23)14-13-19-18-8-6-5-7-16(18)9-12-22(19)27-24/h5-15H,1-4H3. The summed E-state index contributed by atoms with van der Waals surface area (Å²) in [6.45, 7) is 4.48. The fourth-order valence-corrected chi connectivity index (χ4v) is 4.68. The van der Waals surface area contributed by atoms with Crippen molar-refractivity contribution in [2.75, 3.05) is 19.1 Å². The van der Waals surface area contributed by atoms with Crippen molar-refractivity contribution in [1.82, 2.24) is 0 Å². The Hall–Kier alpha value is -2.94. The normalized spacial score (nSPS) is 21.9. The van der Waals surface area contributed by atoms with Crippen molar-refractivity contribution < 1.29 is 9.47 Å². The molecule has 1 unspecified atom stereocenters. The Morgan fingerprint density at radius 3 is 2.63 bits per heavy atom. The third kappa shape index (κ3) is 1.97. The van der Waals surface area contributed by atoms with Crippen molar-refractivity contribution in [2.45, 2.75) is 25.0 Å². The lowest BCUT2D eigenvalue weighted by Gasteiger charge is -2.46. The van der Waals surface area contributed by atoms with Gasteiger partial charge in [0.15, 0.2) is 0 Å². The molecule has 0 bridgehead atoms. The Labute approximate surface area is 159 Å². The van der Waals surface area contributed by atoms with Gasteiger partial charge in [0.25, 0.3) is 0 Å². The molecule has 0 saturated heterocycles. The van der Waals surface area contributed by atoms with E-state index in [0.29, 0.717) is 0 Å². The maximum Gasteiger partial charge on any atom is 0.211 e. The van der Waals surface area contributed by atoms with Gasteiger partial charge in [0.1, 0.15) is 11.5 Å². The van der Waals surface area contributed by atoms with Crippen LogP contribution in [0.4, 0.5) is 5.69 Å². The van der Waals surface area contributed by atoms with E-state index in [4.69, 9.17) is 9.47 Å². The number of nitrogens with zero attached hydrogens (tertiary/aromatic N) is 1. The molecule has 3 nitrogen and oxygen atoms in total. The zero-order valence-electron chi connectivity index (χ0n) is 16.1. The van der Waals surface area contributed by atoms with Crippen molar-refractivity contribution in [3.63, 3.8) is 0 Å². The zero-order valence-corrected chi connectivity index (χ0v) is 16.1. The molecule has 2 aliphatic heterocycles. The van der Waals surface area contributed by atoms with E-state index in [2.05, 4.69) is 86.5 Å². The number of benzene rings is 3. The van der Waals surface area contributed by atoms with Gasteiger partial charge in [-0.05, 0) is 66.6 Å². The third-order valence-corrected chi connectivity index (χ3v) is 6.30. The van der Waals surface area contributed by atoms with Gasteiger partial charge in [-0.25, -0.2) is 0 Å². The van der Waals surface area contributed by atoms with Crippen LogP contribution in [0.5, 0.6) is 11.5 Å². The molecule has 1 spiro atoms. The third-order valence-electron chi connectivity index (χ3n) is 6.30. The number of likely N-dealkylation sites (N-methyl/N-ethyl adjacent to an activating group) is 1. The van der Waals surface area contributed by atoms with Crippen LogP contribution >= 0.6 is 0 Å². The number of rotatable bonds is 1. The minimum absolute atomic E-state index is 0.245. The SMILES string of the molecule is COc1ccc2c(c1)C(C)(C)C1(C=Cc3c(ccc4ccccc34)O1)N2C. The Morgan fingerprint density at radius 1 is 1.00 bits per heavy atom. The van der Waals surface area contributed by atoms with E-state index < -0.39 is 5.72 Å². The van der Waals surface area contributed by atoms with Crippen LogP contribution in [0, 0.1) is 0 Å². The largest absolute Gasteiger partial charge is 0.497 e. The van der Waals surface area contributed by atoms with E-state index in [1.807, 2.05) is 6.07 Å². The van der Waals surface area contributed by atoms with Gasteiger partial charge in [-0.15, -0.1) is 0 Å². The highest BCUT2D eigenvalue weighted by Crippen LogP contribution is 2.55. The molecule has 0 radical (unpaired) electrons. The topological polar surface area (TPSA) is 21.7 Å². The van der Waals surface area contributed by atoms with Crippen LogP contribution in [-0.4, -0.2) is 19.9 Å². The van der Waals surface area contributed by atoms with E-state index in [1.54, 1.807) is 7.11 Å². The first kappa shape index (κ1) is 16.2. The van der Waals surface area contributed by atoms with Crippen LogP contribution in [0.3, 0.4) is 0 Å². The Balaban J connectivity index is 1.69. The molecular weight excluding hydrogens is 334 g/mol. The second-order valence-electron chi connectivity index (χ2n) is 7.90. The summed E-state index contributed by atoms with van der Waals surface area (Å²) in [6, 6.07) is 18.9. The van der Waals surface area contributed by atoms with E-state index in [1.165, 1.54) is 22.0 Å². The van der Waals surface area contributed by atoms with Crippen molar-refractivity contribution >= 4 is 22.5 Å². The lowest BCUT2D eigenvalue weighted by molar-refractivity contribution is 0.0583. The van der Waals surface area contributed by atoms with Crippen LogP contribution in [0.15, 0.2) is 60.7 Å². The van der Waals surface area contributed by atoms with Gasteiger partial charge in [0, 0.05) is 18.3 Å². The lowest BCUT2D eigenvalue weighted by Crippen LogP contribution is -2.58. The number of fused-ring (bicyclic) bond motifs is 4. The molecule has 3 heteroatoms. The van der Waals surface area contributed by atoms with Gasteiger partial charge < -0.3 is 14.4 Å². The first-order valence-corrected chi connectivity index (χ1v) is 9.30. The highest BCUT2D eigenvalue weighted by atomic mass is 16.5. The molecule has 27 heavy (non-hydrogen) atoms. The van der Waals surface area contributed by atoms with Crippen molar-refractivity contribution in [2.24, 2.45) is 0 Å². The fourth-order valence-electron chi connectivity index (χ4n) is 4.68. The number of hydrogen-bond acceptors (Lipinski definition) is 3. The van der Waals surface area contributed by atoms with Gasteiger partial charge in [-0.2, -0.15) is 0 Å². The monoisotopic (exact) mass is 357 g/mol. The maximum absolute atomic E-state index is 6.77. The molecule has 2 aliphatic rings. The van der Waals surface area contributed by atoms with Gasteiger partial charge in [-0.3, -0.25) is 0 Å². The second kappa shape index (κ2) is 5.29. The van der Waals surface area contributed by atoms with Gasteiger partial charge in [-0.1, -0.05) is 30.3 Å². The molecule has 0 amide bonds. The first-order chi connectivity index (χ1) is 13.0. The van der Waals surface area contributed by atoms with E-state index >= 15 is 0 Å². The van der Waals surface area contributed by atoms with Crippen LogP contribution in [0.25, 0.3) is 16.8 Å². The van der Waals surface area contributed by atoms with Gasteiger partial charge in [0.2, 0.25) is 5.72 Å². The molecule has 0 aromatic heterocycles.